The van der Waals surface area contributed by atoms with Gasteiger partial charge in [-0.15, -0.1) is 0 Å². The van der Waals surface area contributed by atoms with Crippen LogP contribution >= 0.6 is 0 Å². The van der Waals surface area contributed by atoms with Gasteiger partial charge in [0.15, 0.2) is 11.5 Å². The maximum absolute atomic E-state index is 12.4. The van der Waals surface area contributed by atoms with Crippen LogP contribution in [0.1, 0.15) is 12.0 Å². The minimum absolute atomic E-state index is 0.0675. The summed E-state index contributed by atoms with van der Waals surface area (Å²) < 4.78 is 11.1. The number of likely N-dealkylation sites (tertiary alicyclic amines) is 1. The second-order valence-corrected chi connectivity index (χ2v) is 6.87. The lowest BCUT2D eigenvalue weighted by molar-refractivity contribution is 0.151. The van der Waals surface area contributed by atoms with Crippen molar-refractivity contribution in [1.82, 2.24) is 15.5 Å². The third kappa shape index (κ3) is 3.29. The SMILES string of the molecule is O=C(NCCc1ccc2c(c1)OCCO2)N1CC[C@@H]2CNC[C@@H]2C1. The van der Waals surface area contributed by atoms with Gasteiger partial charge >= 0.3 is 6.03 Å². The molecule has 2 N–H and O–H groups in total. The topological polar surface area (TPSA) is 62.8 Å². The number of rotatable bonds is 3. The van der Waals surface area contributed by atoms with Crippen LogP contribution < -0.4 is 20.1 Å². The predicted octanol–water partition coefficient (Wildman–Crippen LogP) is 1.25. The number of carbonyl (C=O) groups excluding carboxylic acids is 1. The number of hydrogen-bond donors (Lipinski definition) is 2. The van der Waals surface area contributed by atoms with E-state index in [0.29, 0.717) is 25.7 Å². The van der Waals surface area contributed by atoms with Crippen molar-refractivity contribution in [1.29, 1.82) is 0 Å². The van der Waals surface area contributed by atoms with Crippen LogP contribution in [0.5, 0.6) is 11.5 Å². The largest absolute Gasteiger partial charge is 0.486 e. The lowest BCUT2D eigenvalue weighted by Gasteiger charge is -2.34. The number of hydrogen-bond acceptors (Lipinski definition) is 4. The summed E-state index contributed by atoms with van der Waals surface area (Å²) in [6, 6.07) is 6.06. The molecule has 130 valence electrons. The number of nitrogens with one attached hydrogen (secondary N) is 2. The molecule has 2 fully saturated rings. The van der Waals surface area contributed by atoms with Crippen molar-refractivity contribution in [2.24, 2.45) is 11.8 Å². The normalized spacial score (nSPS) is 25.2. The zero-order chi connectivity index (χ0) is 16.4. The summed E-state index contributed by atoms with van der Waals surface area (Å²) in [5.74, 6) is 3.00. The Hall–Kier alpha value is -1.95. The lowest BCUT2D eigenvalue weighted by atomic mass is 9.89. The Bertz CT molecular complexity index is 607. The zero-order valence-electron chi connectivity index (χ0n) is 13.9. The summed E-state index contributed by atoms with van der Waals surface area (Å²) in [6.45, 7) is 5.76. The van der Waals surface area contributed by atoms with Crippen molar-refractivity contribution in [2.45, 2.75) is 12.8 Å². The molecule has 3 heterocycles. The molecule has 2 amide bonds. The van der Waals surface area contributed by atoms with Crippen LogP contribution in [0.4, 0.5) is 4.79 Å². The van der Waals surface area contributed by atoms with E-state index in [2.05, 4.69) is 10.6 Å². The molecule has 6 heteroatoms. The van der Waals surface area contributed by atoms with Crippen molar-refractivity contribution in [2.75, 3.05) is 45.9 Å². The van der Waals surface area contributed by atoms with Crippen LogP contribution in [-0.4, -0.2) is 56.9 Å². The quantitative estimate of drug-likeness (QED) is 0.875. The minimum atomic E-state index is 0.0675. The van der Waals surface area contributed by atoms with Gasteiger partial charge in [-0.1, -0.05) is 6.07 Å². The Morgan fingerprint density at radius 3 is 2.96 bits per heavy atom. The van der Waals surface area contributed by atoms with Gasteiger partial charge in [0.25, 0.3) is 0 Å². The molecular weight excluding hydrogens is 306 g/mol. The van der Waals surface area contributed by atoms with E-state index in [1.807, 2.05) is 23.1 Å². The molecule has 0 saturated carbocycles. The van der Waals surface area contributed by atoms with Gasteiger partial charge in [-0.2, -0.15) is 0 Å². The molecule has 0 spiro atoms. The Labute approximate surface area is 142 Å². The van der Waals surface area contributed by atoms with Crippen LogP contribution in [0, 0.1) is 11.8 Å². The molecule has 0 radical (unpaired) electrons. The Morgan fingerprint density at radius 2 is 2.04 bits per heavy atom. The summed E-state index contributed by atoms with van der Waals surface area (Å²) in [5, 5.41) is 6.49. The number of amides is 2. The first-order valence-electron chi connectivity index (χ1n) is 8.91. The van der Waals surface area contributed by atoms with E-state index in [9.17, 15) is 4.79 Å². The second kappa shape index (κ2) is 6.89. The van der Waals surface area contributed by atoms with Crippen molar-refractivity contribution in [3.8, 4) is 11.5 Å². The van der Waals surface area contributed by atoms with Crippen LogP contribution in [0.25, 0.3) is 0 Å². The number of carbonyl (C=O) groups is 1. The van der Waals surface area contributed by atoms with Gasteiger partial charge in [0.1, 0.15) is 13.2 Å². The van der Waals surface area contributed by atoms with Crippen LogP contribution in [-0.2, 0) is 6.42 Å². The van der Waals surface area contributed by atoms with E-state index >= 15 is 0 Å². The predicted molar refractivity (Wildman–Crippen MR) is 90.6 cm³/mol. The molecule has 0 aliphatic carbocycles. The van der Waals surface area contributed by atoms with E-state index in [-0.39, 0.29) is 6.03 Å². The number of benzene rings is 1. The molecule has 6 nitrogen and oxygen atoms in total. The Balaban J connectivity index is 1.25. The van der Waals surface area contributed by atoms with E-state index in [1.54, 1.807) is 0 Å². The van der Waals surface area contributed by atoms with Crippen LogP contribution in [0.15, 0.2) is 18.2 Å². The molecule has 2 atom stereocenters. The number of fused-ring (bicyclic) bond motifs is 2. The van der Waals surface area contributed by atoms with Gasteiger partial charge in [-0.25, -0.2) is 4.79 Å². The monoisotopic (exact) mass is 331 g/mol. The van der Waals surface area contributed by atoms with E-state index in [1.165, 1.54) is 0 Å². The van der Waals surface area contributed by atoms with Gasteiger partial charge in [0.05, 0.1) is 0 Å². The molecule has 1 aromatic rings. The van der Waals surface area contributed by atoms with Crippen molar-refractivity contribution in [3.63, 3.8) is 0 Å². The zero-order valence-corrected chi connectivity index (χ0v) is 13.9. The average Bonchev–Trinajstić information content (AvgIpc) is 3.09. The lowest BCUT2D eigenvalue weighted by Crippen LogP contribution is -2.48. The summed E-state index contributed by atoms with van der Waals surface area (Å²) in [7, 11) is 0. The van der Waals surface area contributed by atoms with Crippen molar-refractivity contribution >= 4 is 6.03 Å². The van der Waals surface area contributed by atoms with Gasteiger partial charge < -0.3 is 25.0 Å². The molecule has 1 aromatic carbocycles. The third-order valence-electron chi connectivity index (χ3n) is 5.29. The molecule has 0 bridgehead atoms. The highest BCUT2D eigenvalue weighted by Gasteiger charge is 2.34. The van der Waals surface area contributed by atoms with Crippen molar-refractivity contribution in [3.05, 3.63) is 23.8 Å². The maximum atomic E-state index is 12.4. The van der Waals surface area contributed by atoms with Crippen LogP contribution in [0.2, 0.25) is 0 Å². The van der Waals surface area contributed by atoms with Gasteiger partial charge in [-0.3, -0.25) is 0 Å². The number of nitrogens with zero attached hydrogens (tertiary/aromatic N) is 1. The van der Waals surface area contributed by atoms with Crippen LogP contribution in [0.3, 0.4) is 0 Å². The Kier molecular flexibility index (Phi) is 4.47. The first-order valence-corrected chi connectivity index (χ1v) is 8.91. The fourth-order valence-corrected chi connectivity index (χ4v) is 3.89. The molecule has 0 unspecified atom stereocenters. The van der Waals surface area contributed by atoms with Gasteiger partial charge in [-0.05, 0) is 55.5 Å². The molecule has 0 aromatic heterocycles. The molecule has 2 saturated heterocycles. The van der Waals surface area contributed by atoms with E-state index in [4.69, 9.17) is 9.47 Å². The second-order valence-electron chi connectivity index (χ2n) is 6.87. The standard InChI is InChI=1S/C18H25N3O3/c22-18(21-6-4-14-10-19-11-15(14)12-21)20-5-3-13-1-2-16-17(9-13)24-8-7-23-16/h1-2,9,14-15,19H,3-8,10-12H2,(H,20,22)/t14-,15-/m1/s1. The molecule has 24 heavy (non-hydrogen) atoms. The van der Waals surface area contributed by atoms with Crippen molar-refractivity contribution < 1.29 is 14.3 Å². The number of ether oxygens (including phenoxy) is 2. The third-order valence-corrected chi connectivity index (χ3v) is 5.29. The van der Waals surface area contributed by atoms with Gasteiger partial charge in [0, 0.05) is 19.6 Å². The molecular formula is C18H25N3O3. The molecule has 3 aliphatic rings. The minimum Gasteiger partial charge on any atom is -0.486 e. The first-order chi connectivity index (χ1) is 11.8. The highest BCUT2D eigenvalue weighted by Crippen LogP contribution is 2.30. The highest BCUT2D eigenvalue weighted by molar-refractivity contribution is 5.74. The summed E-state index contributed by atoms with van der Waals surface area (Å²) in [6.07, 6.45) is 1.91. The fourth-order valence-electron chi connectivity index (χ4n) is 3.89. The summed E-state index contributed by atoms with van der Waals surface area (Å²) in [4.78, 5) is 14.3. The van der Waals surface area contributed by atoms with Gasteiger partial charge in [0.2, 0.25) is 0 Å². The number of piperidine rings is 1. The van der Waals surface area contributed by atoms with E-state index in [0.717, 1.165) is 62.0 Å². The fraction of sp³-hybridized carbons (Fsp3) is 0.611. The molecule has 4 rings (SSSR count). The molecule has 3 aliphatic heterocycles. The maximum Gasteiger partial charge on any atom is 0.317 e. The smallest absolute Gasteiger partial charge is 0.317 e. The number of urea groups is 1. The first kappa shape index (κ1) is 15.6. The summed E-state index contributed by atoms with van der Waals surface area (Å²) in [5.41, 5.74) is 1.15. The summed E-state index contributed by atoms with van der Waals surface area (Å²) >= 11 is 0. The Morgan fingerprint density at radius 1 is 1.21 bits per heavy atom. The van der Waals surface area contributed by atoms with E-state index < -0.39 is 0 Å². The highest BCUT2D eigenvalue weighted by atomic mass is 16.6. The average molecular weight is 331 g/mol.